The number of aliphatic hydroxyl groups excluding tert-OH is 1. The Balaban J connectivity index is 1.47. The summed E-state index contributed by atoms with van der Waals surface area (Å²) in [4.78, 5) is 15.0. The molecule has 1 aromatic rings. The summed E-state index contributed by atoms with van der Waals surface area (Å²) in [6.07, 6.45) is 8.29. The second-order valence-corrected chi connectivity index (χ2v) is 8.00. The highest BCUT2D eigenvalue weighted by molar-refractivity contribution is 5.74. The van der Waals surface area contributed by atoms with Gasteiger partial charge in [-0.3, -0.25) is 0 Å². The summed E-state index contributed by atoms with van der Waals surface area (Å²) in [6, 6.07) is 9.75. The minimum atomic E-state index is -0.566. The van der Waals surface area contributed by atoms with Crippen LogP contribution < -0.4 is 10.6 Å². The molecule has 0 spiro atoms. The minimum Gasteiger partial charge on any atom is -0.391 e. The topological polar surface area (TPSA) is 64.6 Å². The first-order chi connectivity index (χ1) is 12.7. The van der Waals surface area contributed by atoms with Crippen LogP contribution in [-0.4, -0.2) is 53.9 Å². The monoisotopic (exact) mass is 359 g/mol. The molecule has 1 unspecified atom stereocenters. The van der Waals surface area contributed by atoms with Crippen molar-refractivity contribution in [3.8, 4) is 0 Å². The third-order valence-corrected chi connectivity index (χ3v) is 5.73. The average molecular weight is 360 g/mol. The normalized spacial score (nSPS) is 21.3. The molecule has 0 aromatic heterocycles. The molecule has 2 amide bonds. The molecule has 1 saturated carbocycles. The summed E-state index contributed by atoms with van der Waals surface area (Å²) in [7, 11) is 0. The molecule has 3 N–H and O–H groups in total. The molecule has 1 saturated heterocycles. The van der Waals surface area contributed by atoms with Gasteiger partial charge in [-0.15, -0.1) is 0 Å². The van der Waals surface area contributed by atoms with Crippen molar-refractivity contribution in [2.24, 2.45) is 0 Å². The lowest BCUT2D eigenvalue weighted by Gasteiger charge is -2.41. The molecule has 0 radical (unpaired) electrons. The van der Waals surface area contributed by atoms with Crippen LogP contribution in [0.2, 0.25) is 0 Å². The van der Waals surface area contributed by atoms with E-state index in [0.29, 0.717) is 6.42 Å². The Bertz CT molecular complexity index is 552. The smallest absolute Gasteiger partial charge is 0.315 e. The standard InChI is InChI=1S/C21H33N3O2/c25-19(15-18-9-3-1-4-10-18)16-22-20(26)23-21(11-5-2-6-12-21)17-24-13-7-8-14-24/h1,3-4,9-10,19,25H,2,5-8,11-17H2,(H2,22,23,26). The fraction of sp³-hybridized carbons (Fsp3) is 0.667. The van der Waals surface area contributed by atoms with E-state index in [0.717, 1.165) is 38.0 Å². The van der Waals surface area contributed by atoms with Gasteiger partial charge >= 0.3 is 6.03 Å². The second kappa shape index (κ2) is 9.38. The highest BCUT2D eigenvalue weighted by Crippen LogP contribution is 2.30. The molecule has 26 heavy (non-hydrogen) atoms. The van der Waals surface area contributed by atoms with Gasteiger partial charge in [-0.25, -0.2) is 4.79 Å². The predicted octanol–water partition coefficient (Wildman–Crippen LogP) is 2.69. The zero-order valence-electron chi connectivity index (χ0n) is 15.8. The van der Waals surface area contributed by atoms with E-state index in [4.69, 9.17) is 0 Å². The summed E-state index contributed by atoms with van der Waals surface area (Å²) < 4.78 is 0. The quantitative estimate of drug-likeness (QED) is 0.701. The first kappa shape index (κ1) is 19.2. The Morgan fingerprint density at radius 2 is 1.77 bits per heavy atom. The first-order valence-electron chi connectivity index (χ1n) is 10.2. The molecule has 1 heterocycles. The first-order valence-corrected chi connectivity index (χ1v) is 10.2. The summed E-state index contributed by atoms with van der Waals surface area (Å²) >= 11 is 0. The number of nitrogens with one attached hydrogen (secondary N) is 2. The molecular formula is C21H33N3O2. The van der Waals surface area contributed by atoms with E-state index < -0.39 is 6.10 Å². The number of rotatable bonds is 7. The lowest BCUT2D eigenvalue weighted by molar-refractivity contribution is 0.148. The van der Waals surface area contributed by atoms with Crippen LogP contribution in [0.5, 0.6) is 0 Å². The highest BCUT2D eigenvalue weighted by atomic mass is 16.3. The van der Waals surface area contributed by atoms with Crippen molar-refractivity contribution in [3.63, 3.8) is 0 Å². The Morgan fingerprint density at radius 3 is 2.46 bits per heavy atom. The number of likely N-dealkylation sites (tertiary alicyclic amines) is 1. The number of benzene rings is 1. The van der Waals surface area contributed by atoms with Gasteiger partial charge in [-0.2, -0.15) is 0 Å². The van der Waals surface area contributed by atoms with Crippen LogP contribution in [0.1, 0.15) is 50.5 Å². The van der Waals surface area contributed by atoms with Crippen molar-refractivity contribution >= 4 is 6.03 Å². The largest absolute Gasteiger partial charge is 0.391 e. The Labute approximate surface area is 157 Å². The SMILES string of the molecule is O=C(NCC(O)Cc1ccccc1)NC1(CN2CCCC2)CCCCC1. The van der Waals surface area contributed by atoms with E-state index in [2.05, 4.69) is 15.5 Å². The van der Waals surface area contributed by atoms with E-state index in [1.807, 2.05) is 30.3 Å². The fourth-order valence-electron chi connectivity index (χ4n) is 4.37. The lowest BCUT2D eigenvalue weighted by atomic mass is 9.81. The van der Waals surface area contributed by atoms with Crippen molar-refractivity contribution in [3.05, 3.63) is 35.9 Å². The Kier molecular flexibility index (Phi) is 6.92. The Hall–Kier alpha value is -1.59. The van der Waals surface area contributed by atoms with Gasteiger partial charge in [0.1, 0.15) is 0 Å². The highest BCUT2D eigenvalue weighted by Gasteiger charge is 2.36. The average Bonchev–Trinajstić information content (AvgIpc) is 3.14. The molecule has 2 aliphatic rings. The van der Waals surface area contributed by atoms with Crippen LogP contribution >= 0.6 is 0 Å². The maximum Gasteiger partial charge on any atom is 0.315 e. The van der Waals surface area contributed by atoms with E-state index in [1.165, 1.54) is 32.1 Å². The summed E-state index contributed by atoms with van der Waals surface area (Å²) in [5.41, 5.74) is 0.983. The fourth-order valence-corrected chi connectivity index (χ4v) is 4.37. The van der Waals surface area contributed by atoms with Crippen LogP contribution in [-0.2, 0) is 6.42 Å². The number of aliphatic hydroxyl groups is 1. The number of nitrogens with zero attached hydrogens (tertiary/aromatic N) is 1. The van der Waals surface area contributed by atoms with Gasteiger partial charge in [0.25, 0.3) is 0 Å². The van der Waals surface area contributed by atoms with Gasteiger partial charge in [0, 0.05) is 19.5 Å². The van der Waals surface area contributed by atoms with Crippen molar-refractivity contribution < 1.29 is 9.90 Å². The second-order valence-electron chi connectivity index (χ2n) is 8.00. The number of hydrogen-bond donors (Lipinski definition) is 3. The lowest BCUT2D eigenvalue weighted by Crippen LogP contribution is -2.59. The van der Waals surface area contributed by atoms with Gasteiger partial charge < -0.3 is 20.6 Å². The van der Waals surface area contributed by atoms with Gasteiger partial charge in [-0.05, 0) is 44.3 Å². The molecule has 1 aliphatic heterocycles. The number of carbonyl (C=O) groups excluding carboxylic acids is 1. The molecule has 5 heteroatoms. The van der Waals surface area contributed by atoms with E-state index in [9.17, 15) is 9.90 Å². The van der Waals surface area contributed by atoms with E-state index >= 15 is 0 Å². The Morgan fingerprint density at radius 1 is 1.08 bits per heavy atom. The van der Waals surface area contributed by atoms with Crippen LogP contribution in [0.3, 0.4) is 0 Å². The van der Waals surface area contributed by atoms with Gasteiger partial charge in [-0.1, -0.05) is 49.6 Å². The van der Waals surface area contributed by atoms with E-state index in [-0.39, 0.29) is 18.1 Å². The maximum atomic E-state index is 12.5. The molecule has 5 nitrogen and oxygen atoms in total. The number of amides is 2. The van der Waals surface area contributed by atoms with Crippen LogP contribution in [0.4, 0.5) is 4.79 Å². The van der Waals surface area contributed by atoms with Gasteiger partial charge in [0.15, 0.2) is 0 Å². The molecule has 1 aromatic carbocycles. The summed E-state index contributed by atoms with van der Waals surface area (Å²) in [5.74, 6) is 0. The zero-order chi connectivity index (χ0) is 18.2. The number of urea groups is 1. The van der Waals surface area contributed by atoms with Crippen molar-refractivity contribution in [1.29, 1.82) is 0 Å². The van der Waals surface area contributed by atoms with Crippen molar-refractivity contribution in [2.75, 3.05) is 26.2 Å². The maximum absolute atomic E-state index is 12.5. The number of hydrogen-bond acceptors (Lipinski definition) is 3. The zero-order valence-corrected chi connectivity index (χ0v) is 15.8. The van der Waals surface area contributed by atoms with Crippen LogP contribution in [0.25, 0.3) is 0 Å². The third-order valence-electron chi connectivity index (χ3n) is 5.73. The van der Waals surface area contributed by atoms with Crippen molar-refractivity contribution in [1.82, 2.24) is 15.5 Å². The molecule has 3 rings (SSSR count). The third kappa shape index (κ3) is 5.71. The molecular weight excluding hydrogens is 326 g/mol. The van der Waals surface area contributed by atoms with E-state index in [1.54, 1.807) is 0 Å². The van der Waals surface area contributed by atoms with Crippen molar-refractivity contribution in [2.45, 2.75) is 63.0 Å². The minimum absolute atomic E-state index is 0.100. The summed E-state index contributed by atoms with van der Waals surface area (Å²) in [5, 5.41) is 16.4. The predicted molar refractivity (Wildman–Crippen MR) is 104 cm³/mol. The number of carbonyl (C=O) groups is 1. The summed E-state index contributed by atoms with van der Waals surface area (Å²) in [6.45, 7) is 3.55. The van der Waals surface area contributed by atoms with Crippen LogP contribution in [0.15, 0.2) is 30.3 Å². The molecule has 2 fully saturated rings. The molecule has 1 atom stereocenters. The molecule has 144 valence electrons. The molecule has 1 aliphatic carbocycles. The molecule has 0 bridgehead atoms. The van der Waals surface area contributed by atoms with Gasteiger partial charge in [0.05, 0.1) is 11.6 Å². The van der Waals surface area contributed by atoms with Gasteiger partial charge in [0.2, 0.25) is 0 Å². The van der Waals surface area contributed by atoms with Crippen LogP contribution in [0, 0.1) is 0 Å².